The molecule has 1 fully saturated rings. The summed E-state index contributed by atoms with van der Waals surface area (Å²) >= 11 is 6.07. The van der Waals surface area contributed by atoms with E-state index >= 15 is 0 Å². The minimum absolute atomic E-state index is 0.0702. The summed E-state index contributed by atoms with van der Waals surface area (Å²) in [7, 11) is 1.37. The van der Waals surface area contributed by atoms with Gasteiger partial charge in [0.1, 0.15) is 6.54 Å². The number of halogens is 1. The van der Waals surface area contributed by atoms with Crippen LogP contribution in [0, 0.1) is 13.8 Å². The van der Waals surface area contributed by atoms with Gasteiger partial charge in [-0.1, -0.05) is 11.6 Å². The number of carbonyl (C=O) groups excluding carboxylic acids is 2. The van der Waals surface area contributed by atoms with E-state index in [1.165, 1.54) is 7.11 Å². The van der Waals surface area contributed by atoms with Crippen LogP contribution in [0.3, 0.4) is 0 Å². The molecule has 0 unspecified atom stereocenters. The van der Waals surface area contributed by atoms with Gasteiger partial charge in [-0.05, 0) is 26.7 Å². The zero-order valence-electron chi connectivity index (χ0n) is 13.1. The number of nitrogens with zero attached hydrogens (tertiary/aromatic N) is 3. The molecule has 0 spiro atoms. The predicted octanol–water partition coefficient (Wildman–Crippen LogP) is 1.50. The number of nitrogens with one attached hydrogen (secondary N) is 1. The lowest BCUT2D eigenvalue weighted by Gasteiger charge is -2.31. The summed E-state index contributed by atoms with van der Waals surface area (Å²) in [6.07, 6.45) is 1.12. The normalized spacial score (nSPS) is 15.7. The fourth-order valence-corrected chi connectivity index (χ4v) is 2.71. The van der Waals surface area contributed by atoms with Crippen molar-refractivity contribution >= 4 is 23.6 Å². The number of piperidine rings is 1. The minimum atomic E-state index is -0.318. The van der Waals surface area contributed by atoms with Crippen LogP contribution in [-0.4, -0.2) is 52.9 Å². The van der Waals surface area contributed by atoms with Gasteiger partial charge in [0.05, 0.1) is 23.5 Å². The van der Waals surface area contributed by atoms with Crippen LogP contribution >= 0.6 is 11.6 Å². The second-order valence-corrected chi connectivity index (χ2v) is 5.82. The first kappa shape index (κ1) is 16.6. The number of methoxy groups -OCH3 is 1. The van der Waals surface area contributed by atoms with Crippen molar-refractivity contribution in [1.82, 2.24) is 20.0 Å². The van der Waals surface area contributed by atoms with Gasteiger partial charge in [-0.25, -0.2) is 4.79 Å². The molecule has 1 aromatic rings. The van der Waals surface area contributed by atoms with Crippen LogP contribution in [0.4, 0.5) is 4.79 Å². The topological polar surface area (TPSA) is 76.5 Å². The molecule has 0 bridgehead atoms. The van der Waals surface area contributed by atoms with Crippen molar-refractivity contribution in [3.8, 4) is 0 Å². The number of rotatable bonds is 3. The standard InChI is InChI=1S/C14H21ClN4O3/c1-9-13(15)10(2)19(17-9)8-12(20)16-11-4-6-18(7-5-11)14(21)22-3/h11H,4-8H2,1-3H3,(H,16,20). The fourth-order valence-electron chi connectivity index (χ4n) is 2.57. The lowest BCUT2D eigenvalue weighted by atomic mass is 10.1. The lowest BCUT2D eigenvalue weighted by molar-refractivity contribution is -0.122. The zero-order valence-corrected chi connectivity index (χ0v) is 13.8. The molecule has 2 rings (SSSR count). The van der Waals surface area contributed by atoms with Crippen molar-refractivity contribution in [2.24, 2.45) is 0 Å². The summed E-state index contributed by atoms with van der Waals surface area (Å²) in [5.74, 6) is -0.0983. The average molecular weight is 329 g/mol. The molecule has 0 aliphatic carbocycles. The molecule has 0 saturated carbocycles. The van der Waals surface area contributed by atoms with Crippen molar-refractivity contribution in [3.05, 3.63) is 16.4 Å². The first-order valence-electron chi connectivity index (χ1n) is 7.24. The fraction of sp³-hybridized carbons (Fsp3) is 0.643. The van der Waals surface area contributed by atoms with Gasteiger partial charge in [0, 0.05) is 19.1 Å². The molecule has 122 valence electrons. The Bertz CT molecular complexity index is 565. The molecular formula is C14H21ClN4O3. The van der Waals surface area contributed by atoms with Gasteiger partial charge in [0.2, 0.25) is 5.91 Å². The molecule has 0 radical (unpaired) electrons. The number of amides is 2. The second-order valence-electron chi connectivity index (χ2n) is 5.44. The molecule has 1 aliphatic rings. The van der Waals surface area contributed by atoms with E-state index in [2.05, 4.69) is 15.2 Å². The SMILES string of the molecule is COC(=O)N1CCC(NC(=O)Cn2nc(C)c(Cl)c2C)CC1. The molecule has 7 nitrogen and oxygen atoms in total. The molecule has 0 atom stereocenters. The Morgan fingerprint density at radius 1 is 1.36 bits per heavy atom. The molecule has 22 heavy (non-hydrogen) atoms. The zero-order chi connectivity index (χ0) is 16.3. The Kier molecular flexibility index (Phi) is 5.28. The van der Waals surface area contributed by atoms with Crippen LogP contribution < -0.4 is 5.32 Å². The van der Waals surface area contributed by atoms with E-state index in [9.17, 15) is 9.59 Å². The van der Waals surface area contributed by atoms with Gasteiger partial charge in [-0.15, -0.1) is 0 Å². The van der Waals surface area contributed by atoms with E-state index < -0.39 is 0 Å². The van der Waals surface area contributed by atoms with Gasteiger partial charge >= 0.3 is 6.09 Å². The molecule has 0 aromatic carbocycles. The average Bonchev–Trinajstić information content (AvgIpc) is 2.74. The van der Waals surface area contributed by atoms with Crippen LogP contribution in [0.15, 0.2) is 0 Å². The maximum absolute atomic E-state index is 12.1. The second kappa shape index (κ2) is 7.00. The smallest absolute Gasteiger partial charge is 0.409 e. The Labute approximate surface area is 134 Å². The van der Waals surface area contributed by atoms with Crippen molar-refractivity contribution in [1.29, 1.82) is 0 Å². The Balaban J connectivity index is 1.83. The van der Waals surface area contributed by atoms with Crippen LogP contribution in [-0.2, 0) is 16.1 Å². The Morgan fingerprint density at radius 3 is 2.50 bits per heavy atom. The quantitative estimate of drug-likeness (QED) is 0.912. The van der Waals surface area contributed by atoms with Gasteiger partial charge in [0.25, 0.3) is 0 Å². The van der Waals surface area contributed by atoms with E-state index in [0.29, 0.717) is 18.1 Å². The highest BCUT2D eigenvalue weighted by Crippen LogP contribution is 2.18. The first-order valence-corrected chi connectivity index (χ1v) is 7.62. The molecule has 1 N–H and O–H groups in total. The minimum Gasteiger partial charge on any atom is -0.453 e. The largest absolute Gasteiger partial charge is 0.453 e. The Morgan fingerprint density at radius 2 is 2.00 bits per heavy atom. The third kappa shape index (κ3) is 3.71. The summed E-state index contributed by atoms with van der Waals surface area (Å²) in [6, 6.07) is 0.0702. The lowest BCUT2D eigenvalue weighted by Crippen LogP contribution is -2.47. The van der Waals surface area contributed by atoms with Crippen LogP contribution in [0.5, 0.6) is 0 Å². The highest BCUT2D eigenvalue weighted by molar-refractivity contribution is 6.31. The Hall–Kier alpha value is -1.76. The van der Waals surface area contributed by atoms with Crippen molar-refractivity contribution in [2.75, 3.05) is 20.2 Å². The number of ether oxygens (including phenoxy) is 1. The summed E-state index contributed by atoms with van der Waals surface area (Å²) in [5, 5.41) is 7.82. The molecule has 1 aromatic heterocycles. The van der Waals surface area contributed by atoms with E-state index in [1.54, 1.807) is 9.58 Å². The number of hydrogen-bond acceptors (Lipinski definition) is 4. The third-order valence-corrected chi connectivity index (χ3v) is 4.43. The number of aromatic nitrogens is 2. The van der Waals surface area contributed by atoms with Crippen molar-refractivity contribution < 1.29 is 14.3 Å². The summed E-state index contributed by atoms with van der Waals surface area (Å²) in [5.41, 5.74) is 1.51. The predicted molar refractivity (Wildman–Crippen MR) is 81.9 cm³/mol. The monoisotopic (exact) mass is 328 g/mol. The number of aryl methyl sites for hydroxylation is 1. The molecule has 1 aliphatic heterocycles. The highest BCUT2D eigenvalue weighted by Gasteiger charge is 2.24. The number of carbonyl (C=O) groups is 2. The first-order chi connectivity index (χ1) is 10.4. The van der Waals surface area contributed by atoms with Crippen molar-refractivity contribution in [3.63, 3.8) is 0 Å². The summed E-state index contributed by atoms with van der Waals surface area (Å²) < 4.78 is 6.29. The maximum Gasteiger partial charge on any atom is 0.409 e. The van der Waals surface area contributed by atoms with Crippen LogP contribution in [0.25, 0.3) is 0 Å². The molecule has 2 amide bonds. The molecule has 2 heterocycles. The van der Waals surface area contributed by atoms with Gasteiger partial charge in [-0.2, -0.15) is 5.10 Å². The summed E-state index contributed by atoms with van der Waals surface area (Å²) in [4.78, 5) is 25.1. The highest BCUT2D eigenvalue weighted by atomic mass is 35.5. The van der Waals surface area contributed by atoms with Crippen molar-refractivity contribution in [2.45, 2.75) is 39.3 Å². The third-order valence-electron chi connectivity index (χ3n) is 3.88. The molecular weight excluding hydrogens is 308 g/mol. The van der Waals surface area contributed by atoms with E-state index in [-0.39, 0.29) is 24.6 Å². The number of likely N-dealkylation sites (tertiary alicyclic amines) is 1. The molecule has 8 heteroatoms. The van der Waals surface area contributed by atoms with Gasteiger partial charge < -0.3 is 15.0 Å². The van der Waals surface area contributed by atoms with E-state index in [0.717, 1.165) is 24.2 Å². The number of hydrogen-bond donors (Lipinski definition) is 1. The van der Waals surface area contributed by atoms with E-state index in [4.69, 9.17) is 11.6 Å². The summed E-state index contributed by atoms with van der Waals surface area (Å²) in [6.45, 7) is 4.97. The maximum atomic E-state index is 12.1. The molecule has 1 saturated heterocycles. The van der Waals surface area contributed by atoms with Gasteiger partial charge in [0.15, 0.2) is 0 Å². The van der Waals surface area contributed by atoms with Crippen LogP contribution in [0.1, 0.15) is 24.2 Å². The van der Waals surface area contributed by atoms with Crippen LogP contribution in [0.2, 0.25) is 5.02 Å². The van der Waals surface area contributed by atoms with Gasteiger partial charge in [-0.3, -0.25) is 9.48 Å². The van der Waals surface area contributed by atoms with E-state index in [1.807, 2.05) is 13.8 Å².